The number of morpholine rings is 1. The molecule has 246 valence electrons. The van der Waals surface area contributed by atoms with E-state index in [1.165, 1.54) is 0 Å². The van der Waals surface area contributed by atoms with Crippen LogP contribution < -0.4 is 4.90 Å². The number of likely N-dealkylation sites (tertiary alicyclic amines) is 1. The van der Waals surface area contributed by atoms with Crippen molar-refractivity contribution in [3.05, 3.63) is 55.6 Å². The Morgan fingerprint density at radius 1 is 1.18 bits per heavy atom. The minimum absolute atomic E-state index is 0.0385. The molecule has 3 unspecified atom stereocenters. The summed E-state index contributed by atoms with van der Waals surface area (Å²) in [6.45, 7) is 16.4. The van der Waals surface area contributed by atoms with Gasteiger partial charge in [0.25, 0.3) is 0 Å². The number of rotatable bonds is 14. The molecule has 5 rings (SSSR count). The fourth-order valence-corrected chi connectivity index (χ4v) is 11.3. The van der Waals surface area contributed by atoms with Gasteiger partial charge in [0, 0.05) is 55.0 Å². The summed E-state index contributed by atoms with van der Waals surface area (Å²) in [6, 6.07) is 8.14. The van der Waals surface area contributed by atoms with E-state index in [0.717, 1.165) is 25.2 Å². The third-order valence-electron chi connectivity index (χ3n) is 10.2. The number of halogens is 1. The quantitative estimate of drug-likeness (QED) is 0.235. The average molecular weight is 704 g/mol. The zero-order valence-electron chi connectivity index (χ0n) is 26.4. The van der Waals surface area contributed by atoms with Crippen LogP contribution in [-0.2, 0) is 19.1 Å². The summed E-state index contributed by atoms with van der Waals surface area (Å²) in [7, 11) is 0. The van der Waals surface area contributed by atoms with Crippen LogP contribution in [0.1, 0.15) is 26.7 Å². The molecular weight excluding hydrogens is 656 g/mol. The standard InChI is InChI=1S/C34H47BrN4O5S/c1-5-13-37(16-15-36-17-19-44-20-18-36)33(43)30-34-21-25(35)29(45-34)27(28(34)32(42)39(30)26(22-40)23(4)7-3)31(41)38(14-6-2)24-11-9-8-10-12-24/h5-6,8-12,23,25-30,40H,1-2,7,13-22H2,3-4H3/t23-,25?,26-,27-,28-,29-,30?,34?/m0/s1. The van der Waals surface area contributed by atoms with Crippen molar-refractivity contribution in [3.63, 3.8) is 0 Å². The van der Waals surface area contributed by atoms with E-state index < -0.39 is 28.7 Å². The Morgan fingerprint density at radius 3 is 2.49 bits per heavy atom. The van der Waals surface area contributed by atoms with Crippen LogP contribution >= 0.6 is 27.7 Å². The number of fused-ring (bicyclic) bond motifs is 1. The van der Waals surface area contributed by atoms with Gasteiger partial charge in [-0.2, -0.15) is 0 Å². The molecule has 4 aliphatic rings. The number of aliphatic hydroxyl groups is 1. The number of carbonyl (C=O) groups excluding carboxylic acids is 3. The van der Waals surface area contributed by atoms with Crippen molar-refractivity contribution < 1.29 is 24.2 Å². The molecule has 4 aliphatic heterocycles. The predicted molar refractivity (Wildman–Crippen MR) is 182 cm³/mol. The van der Waals surface area contributed by atoms with Crippen LogP contribution in [0.2, 0.25) is 0 Å². The minimum atomic E-state index is -0.803. The van der Waals surface area contributed by atoms with E-state index in [1.807, 2.05) is 49.1 Å². The first-order valence-corrected chi connectivity index (χ1v) is 18.0. The number of carbonyl (C=O) groups is 3. The van der Waals surface area contributed by atoms with Gasteiger partial charge < -0.3 is 24.5 Å². The number of ether oxygens (including phenoxy) is 1. The molecule has 0 radical (unpaired) electrons. The van der Waals surface area contributed by atoms with Crippen LogP contribution in [0, 0.1) is 17.8 Å². The van der Waals surface area contributed by atoms with Crippen molar-refractivity contribution in [1.82, 2.24) is 14.7 Å². The van der Waals surface area contributed by atoms with Crippen LogP contribution in [-0.4, -0.2) is 124 Å². The van der Waals surface area contributed by atoms with Gasteiger partial charge in [-0.05, 0) is 24.5 Å². The Morgan fingerprint density at radius 2 is 1.87 bits per heavy atom. The number of anilines is 1. The van der Waals surface area contributed by atoms with Gasteiger partial charge in [0.1, 0.15) is 6.04 Å². The van der Waals surface area contributed by atoms with Crippen molar-refractivity contribution >= 4 is 51.1 Å². The predicted octanol–water partition coefficient (Wildman–Crippen LogP) is 3.42. The van der Waals surface area contributed by atoms with Crippen LogP contribution in [0.4, 0.5) is 5.69 Å². The van der Waals surface area contributed by atoms with Gasteiger partial charge in [-0.15, -0.1) is 24.9 Å². The number of benzene rings is 1. The lowest BCUT2D eigenvalue weighted by Gasteiger charge is -2.41. The number of hydrogen-bond donors (Lipinski definition) is 1. The van der Waals surface area contributed by atoms with Crippen LogP contribution in [0.15, 0.2) is 55.6 Å². The normalized spacial score (nSPS) is 30.5. The summed E-state index contributed by atoms with van der Waals surface area (Å²) < 4.78 is 4.71. The molecule has 1 aromatic carbocycles. The number of thioether (sulfide) groups is 1. The van der Waals surface area contributed by atoms with E-state index in [2.05, 4.69) is 34.0 Å². The zero-order chi connectivity index (χ0) is 32.3. The monoisotopic (exact) mass is 702 g/mol. The van der Waals surface area contributed by atoms with E-state index in [1.54, 1.807) is 33.7 Å². The highest BCUT2D eigenvalue weighted by Gasteiger charge is 2.76. The number of para-hydroxylation sites is 1. The summed E-state index contributed by atoms with van der Waals surface area (Å²) >= 11 is 5.53. The molecule has 4 fully saturated rings. The first-order valence-electron chi connectivity index (χ1n) is 16.2. The molecule has 11 heteroatoms. The lowest BCUT2D eigenvalue weighted by Crippen LogP contribution is -2.59. The molecule has 1 N–H and O–H groups in total. The minimum Gasteiger partial charge on any atom is -0.394 e. The Balaban J connectivity index is 1.55. The molecule has 4 heterocycles. The number of nitrogens with zero attached hydrogens (tertiary/aromatic N) is 4. The molecule has 0 aromatic heterocycles. The van der Waals surface area contributed by atoms with E-state index in [0.29, 0.717) is 45.8 Å². The maximum Gasteiger partial charge on any atom is 0.247 e. The van der Waals surface area contributed by atoms with E-state index in [9.17, 15) is 19.5 Å². The van der Waals surface area contributed by atoms with Crippen molar-refractivity contribution in [2.75, 3.05) is 64.0 Å². The first-order chi connectivity index (χ1) is 21.7. The number of amides is 3. The van der Waals surface area contributed by atoms with Crippen molar-refractivity contribution in [2.24, 2.45) is 17.8 Å². The van der Waals surface area contributed by atoms with E-state index in [-0.39, 0.29) is 40.3 Å². The molecule has 0 aliphatic carbocycles. The Hall–Kier alpha value is -2.18. The van der Waals surface area contributed by atoms with Crippen LogP contribution in [0.25, 0.3) is 0 Å². The highest BCUT2D eigenvalue weighted by atomic mass is 79.9. The Bertz CT molecular complexity index is 1250. The van der Waals surface area contributed by atoms with Gasteiger partial charge >= 0.3 is 0 Å². The maximum atomic E-state index is 14.9. The van der Waals surface area contributed by atoms with Crippen molar-refractivity contribution in [2.45, 2.75) is 53.6 Å². The van der Waals surface area contributed by atoms with Crippen LogP contribution in [0.5, 0.6) is 0 Å². The molecule has 1 aromatic rings. The lowest BCUT2D eigenvalue weighted by molar-refractivity contribution is -0.147. The molecule has 4 saturated heterocycles. The first kappa shape index (κ1) is 34.2. The highest BCUT2D eigenvalue weighted by Crippen LogP contribution is 2.68. The van der Waals surface area contributed by atoms with Crippen molar-refractivity contribution in [1.29, 1.82) is 0 Å². The molecule has 3 amide bonds. The van der Waals surface area contributed by atoms with E-state index in [4.69, 9.17) is 4.74 Å². The molecular formula is C34H47BrN4O5S. The second-order valence-electron chi connectivity index (χ2n) is 12.6. The fourth-order valence-electron chi connectivity index (χ4n) is 7.75. The fraction of sp³-hybridized carbons (Fsp3) is 0.618. The molecule has 45 heavy (non-hydrogen) atoms. The maximum absolute atomic E-state index is 14.9. The third kappa shape index (κ3) is 6.27. The third-order valence-corrected chi connectivity index (χ3v) is 13.4. The molecule has 8 atom stereocenters. The number of aliphatic hydroxyl groups excluding tert-OH is 1. The SMILES string of the molecule is C=CCN(CCN1CCOCC1)C(=O)C1N([C@@H](CO)[C@@H](C)CC)C(=O)[C@@H]2[C@H](C(=O)N(CC=C)c3ccccc3)[C@H]3SC12CC3Br. The molecule has 0 saturated carbocycles. The summed E-state index contributed by atoms with van der Waals surface area (Å²) in [5, 5.41) is 10.6. The molecule has 1 spiro atoms. The van der Waals surface area contributed by atoms with Gasteiger partial charge in [0.05, 0.1) is 42.4 Å². The van der Waals surface area contributed by atoms with Crippen molar-refractivity contribution in [3.8, 4) is 0 Å². The van der Waals surface area contributed by atoms with Crippen LogP contribution in [0.3, 0.4) is 0 Å². The number of hydrogen-bond acceptors (Lipinski definition) is 7. The Kier molecular flexibility index (Phi) is 11.2. The largest absolute Gasteiger partial charge is 0.394 e. The van der Waals surface area contributed by atoms with Gasteiger partial charge in [-0.3, -0.25) is 19.3 Å². The molecule has 9 nitrogen and oxygen atoms in total. The average Bonchev–Trinajstić information content (AvgIpc) is 3.65. The van der Waals surface area contributed by atoms with E-state index >= 15 is 0 Å². The second kappa shape index (κ2) is 14.7. The number of alkyl halides is 1. The summed E-state index contributed by atoms with van der Waals surface area (Å²) in [6.07, 6.45) is 4.76. The van der Waals surface area contributed by atoms with Gasteiger partial charge in [-0.25, -0.2) is 0 Å². The Labute approximate surface area is 280 Å². The molecule has 2 bridgehead atoms. The summed E-state index contributed by atoms with van der Waals surface area (Å²) in [5.74, 6) is -1.80. The smallest absolute Gasteiger partial charge is 0.247 e. The van der Waals surface area contributed by atoms with Gasteiger partial charge in [0.15, 0.2) is 0 Å². The topological polar surface area (TPSA) is 93.6 Å². The highest BCUT2D eigenvalue weighted by molar-refractivity contribution is 9.09. The van der Waals surface area contributed by atoms with Gasteiger partial charge in [0.2, 0.25) is 17.7 Å². The second-order valence-corrected chi connectivity index (χ2v) is 15.4. The lowest BCUT2D eigenvalue weighted by atomic mass is 9.70. The zero-order valence-corrected chi connectivity index (χ0v) is 28.8. The summed E-state index contributed by atoms with van der Waals surface area (Å²) in [5.41, 5.74) is 0.749. The summed E-state index contributed by atoms with van der Waals surface area (Å²) in [4.78, 5) is 51.7. The van der Waals surface area contributed by atoms with Gasteiger partial charge in [-0.1, -0.05) is 66.5 Å².